The molecule has 3 amide bonds. The third kappa shape index (κ3) is 7.35. The van der Waals surface area contributed by atoms with Gasteiger partial charge in [0.1, 0.15) is 29.2 Å². The van der Waals surface area contributed by atoms with Gasteiger partial charge in [-0.1, -0.05) is 6.07 Å². The first-order valence-electron chi connectivity index (χ1n) is 11.4. The molecule has 1 aromatic carbocycles. The molecule has 1 aliphatic heterocycles. The highest BCUT2D eigenvalue weighted by molar-refractivity contribution is 5.96. The number of rotatable bonds is 7. The van der Waals surface area contributed by atoms with Crippen molar-refractivity contribution in [3.05, 3.63) is 66.0 Å². The Kier molecular flexibility index (Phi) is 7.80. The van der Waals surface area contributed by atoms with Crippen LogP contribution in [0.2, 0.25) is 0 Å². The van der Waals surface area contributed by atoms with E-state index in [2.05, 4.69) is 25.3 Å². The Morgan fingerprint density at radius 3 is 2.59 bits per heavy atom. The molecule has 37 heavy (non-hydrogen) atoms. The van der Waals surface area contributed by atoms with Gasteiger partial charge in [-0.2, -0.15) is 0 Å². The minimum Gasteiger partial charge on any atom is -0.490 e. The summed E-state index contributed by atoms with van der Waals surface area (Å²) in [5.74, 6) is 0.288. The maximum Gasteiger partial charge on any atom is 0.573 e. The Morgan fingerprint density at radius 2 is 1.89 bits per heavy atom. The second-order valence-corrected chi connectivity index (χ2v) is 8.23. The smallest absolute Gasteiger partial charge is 0.490 e. The topological polar surface area (TPSA) is 119 Å². The van der Waals surface area contributed by atoms with E-state index >= 15 is 0 Å². The molecule has 3 heterocycles. The van der Waals surface area contributed by atoms with Gasteiger partial charge in [0, 0.05) is 43.8 Å². The largest absolute Gasteiger partial charge is 0.573 e. The van der Waals surface area contributed by atoms with Crippen LogP contribution in [0.3, 0.4) is 0 Å². The van der Waals surface area contributed by atoms with Crippen molar-refractivity contribution in [3.8, 4) is 11.5 Å². The van der Waals surface area contributed by atoms with Gasteiger partial charge in [0.05, 0.1) is 12.2 Å². The van der Waals surface area contributed by atoms with Crippen LogP contribution in [0.5, 0.6) is 11.5 Å². The van der Waals surface area contributed by atoms with E-state index in [-0.39, 0.29) is 41.9 Å². The number of halogens is 3. The fraction of sp³-hybridized carbons (Fsp3) is 0.333. The zero-order chi connectivity index (χ0) is 26.4. The Hall–Kier alpha value is -4.29. The van der Waals surface area contributed by atoms with Gasteiger partial charge >= 0.3 is 12.4 Å². The highest BCUT2D eigenvalue weighted by Crippen LogP contribution is 2.28. The molecular formula is C24H24F3N5O5. The van der Waals surface area contributed by atoms with E-state index in [1.165, 1.54) is 42.9 Å². The summed E-state index contributed by atoms with van der Waals surface area (Å²) in [5.41, 5.74) is 0.993. The quantitative estimate of drug-likeness (QED) is 0.478. The number of nitrogens with one attached hydrogen (secondary N) is 2. The maximum absolute atomic E-state index is 12.7. The molecular weight excluding hydrogens is 495 g/mol. The van der Waals surface area contributed by atoms with Crippen molar-refractivity contribution < 1.29 is 36.7 Å². The number of ether oxygens (including phenoxy) is 2. The van der Waals surface area contributed by atoms with E-state index in [4.69, 9.17) is 9.15 Å². The lowest BCUT2D eigenvalue weighted by molar-refractivity contribution is -0.274. The van der Waals surface area contributed by atoms with Crippen molar-refractivity contribution in [1.29, 1.82) is 0 Å². The SMILES string of the molecule is Cc1ncoc1CNC(=O)c1ccnc(NC(=O)N2CCC(Oc3cccc(OC(F)(F)F)c3)CC2)c1. The molecule has 2 aromatic heterocycles. The highest BCUT2D eigenvalue weighted by atomic mass is 19.4. The zero-order valence-electron chi connectivity index (χ0n) is 19.7. The predicted molar refractivity (Wildman–Crippen MR) is 124 cm³/mol. The van der Waals surface area contributed by atoms with E-state index < -0.39 is 6.36 Å². The third-order valence-corrected chi connectivity index (χ3v) is 5.58. The lowest BCUT2D eigenvalue weighted by Gasteiger charge is -2.32. The first-order valence-corrected chi connectivity index (χ1v) is 11.4. The van der Waals surface area contributed by atoms with Crippen molar-refractivity contribution in [1.82, 2.24) is 20.2 Å². The van der Waals surface area contributed by atoms with E-state index in [0.29, 0.717) is 42.9 Å². The van der Waals surface area contributed by atoms with Crippen LogP contribution in [-0.2, 0) is 6.54 Å². The number of pyridine rings is 1. The summed E-state index contributed by atoms with van der Waals surface area (Å²) in [5, 5.41) is 5.41. The molecule has 0 radical (unpaired) electrons. The van der Waals surface area contributed by atoms with Crippen molar-refractivity contribution in [2.75, 3.05) is 18.4 Å². The molecule has 0 saturated carbocycles. The number of hydrogen-bond donors (Lipinski definition) is 2. The Morgan fingerprint density at radius 1 is 1.14 bits per heavy atom. The van der Waals surface area contributed by atoms with E-state index in [9.17, 15) is 22.8 Å². The van der Waals surface area contributed by atoms with Gasteiger partial charge in [-0.15, -0.1) is 13.2 Å². The molecule has 13 heteroatoms. The summed E-state index contributed by atoms with van der Waals surface area (Å²) in [6.45, 7) is 2.67. The summed E-state index contributed by atoms with van der Waals surface area (Å²) in [6, 6.07) is 7.92. The van der Waals surface area contributed by atoms with Crippen LogP contribution >= 0.6 is 0 Å². The molecule has 1 aliphatic rings. The van der Waals surface area contributed by atoms with Crippen LogP contribution in [0.15, 0.2) is 53.4 Å². The summed E-state index contributed by atoms with van der Waals surface area (Å²) in [7, 11) is 0. The van der Waals surface area contributed by atoms with Crippen molar-refractivity contribution in [2.24, 2.45) is 0 Å². The van der Waals surface area contributed by atoms with Crippen LogP contribution in [0.25, 0.3) is 0 Å². The average molecular weight is 519 g/mol. The number of hydrogen-bond acceptors (Lipinski definition) is 7. The van der Waals surface area contributed by atoms with Crippen LogP contribution in [0.4, 0.5) is 23.8 Å². The number of anilines is 1. The zero-order valence-corrected chi connectivity index (χ0v) is 19.7. The second-order valence-electron chi connectivity index (χ2n) is 8.23. The standard InChI is InChI=1S/C24H24F3N5O5/c1-15-20(35-14-30-15)13-29-22(33)16-5-8-28-21(11-16)31-23(34)32-9-6-17(7-10-32)36-18-3-2-4-19(12-18)37-24(25,26)27/h2-5,8,11-12,14,17H,6-7,9-10,13H2,1H3,(H,29,33)(H,28,31,34). The van der Waals surface area contributed by atoms with Gasteiger partial charge in [-0.05, 0) is 31.2 Å². The Balaban J connectivity index is 1.26. The molecule has 4 rings (SSSR count). The Labute approximate surface area is 209 Å². The van der Waals surface area contributed by atoms with Crippen molar-refractivity contribution in [2.45, 2.75) is 38.8 Å². The number of alkyl halides is 3. The Bertz CT molecular complexity index is 1240. The summed E-state index contributed by atoms with van der Waals surface area (Å²) in [4.78, 5) is 34.8. The second kappa shape index (κ2) is 11.2. The number of likely N-dealkylation sites (tertiary alicyclic amines) is 1. The monoisotopic (exact) mass is 519 g/mol. The number of benzene rings is 1. The molecule has 10 nitrogen and oxygen atoms in total. The number of amides is 3. The molecule has 3 aromatic rings. The molecule has 0 bridgehead atoms. The van der Waals surface area contributed by atoms with E-state index in [0.717, 1.165) is 0 Å². The van der Waals surface area contributed by atoms with Gasteiger partial charge in [-0.3, -0.25) is 10.1 Å². The minimum absolute atomic E-state index is 0.172. The summed E-state index contributed by atoms with van der Waals surface area (Å²) in [6.07, 6.45) is -1.38. The third-order valence-electron chi connectivity index (χ3n) is 5.58. The molecule has 0 spiro atoms. The molecule has 196 valence electrons. The fourth-order valence-corrected chi connectivity index (χ4v) is 3.70. The van der Waals surface area contributed by atoms with Crippen molar-refractivity contribution in [3.63, 3.8) is 0 Å². The molecule has 0 unspecified atom stereocenters. The first-order chi connectivity index (χ1) is 17.7. The molecule has 0 atom stereocenters. The van der Waals surface area contributed by atoms with Gasteiger partial charge in [0.25, 0.3) is 5.91 Å². The van der Waals surface area contributed by atoms with Gasteiger partial charge in [0.15, 0.2) is 6.39 Å². The number of nitrogens with zero attached hydrogens (tertiary/aromatic N) is 3. The maximum atomic E-state index is 12.7. The van der Waals surface area contributed by atoms with Crippen LogP contribution in [0.1, 0.15) is 34.7 Å². The number of carbonyl (C=O) groups is 2. The van der Waals surface area contributed by atoms with Crippen LogP contribution < -0.4 is 20.1 Å². The van der Waals surface area contributed by atoms with Gasteiger partial charge in [0.2, 0.25) is 0 Å². The molecule has 1 fully saturated rings. The number of carbonyl (C=O) groups excluding carboxylic acids is 2. The average Bonchev–Trinajstić information content (AvgIpc) is 3.27. The van der Waals surface area contributed by atoms with E-state index in [1.54, 1.807) is 17.9 Å². The molecule has 2 N–H and O–H groups in total. The number of piperidine rings is 1. The summed E-state index contributed by atoms with van der Waals surface area (Å²) >= 11 is 0. The molecule has 0 aliphatic carbocycles. The molecule has 1 saturated heterocycles. The highest BCUT2D eigenvalue weighted by Gasteiger charge is 2.31. The van der Waals surface area contributed by atoms with Crippen molar-refractivity contribution >= 4 is 17.8 Å². The number of aromatic nitrogens is 2. The van der Waals surface area contributed by atoms with Crippen LogP contribution in [-0.4, -0.2) is 52.4 Å². The normalized spacial score (nSPS) is 14.2. The number of urea groups is 1. The number of aryl methyl sites for hydroxylation is 1. The number of oxazole rings is 1. The lowest BCUT2D eigenvalue weighted by atomic mass is 10.1. The summed E-state index contributed by atoms with van der Waals surface area (Å²) < 4.78 is 52.2. The fourth-order valence-electron chi connectivity index (χ4n) is 3.70. The minimum atomic E-state index is -4.79. The lowest BCUT2D eigenvalue weighted by Crippen LogP contribution is -2.43. The van der Waals surface area contributed by atoms with Crippen LogP contribution in [0, 0.1) is 6.92 Å². The first kappa shape index (κ1) is 25.8. The predicted octanol–water partition coefficient (Wildman–Crippen LogP) is 4.28. The van der Waals surface area contributed by atoms with Gasteiger partial charge < -0.3 is 24.1 Å². The van der Waals surface area contributed by atoms with Gasteiger partial charge in [-0.25, -0.2) is 14.8 Å². The van der Waals surface area contributed by atoms with E-state index in [1.807, 2.05) is 0 Å².